The number of carbonyl (C=O) groups is 1. The maximum atomic E-state index is 13.4. The first kappa shape index (κ1) is 20.5. The van der Waals surface area contributed by atoms with Crippen LogP contribution in [-0.2, 0) is 10.9 Å². The fraction of sp³-hybridized carbons (Fsp3) is 0.526. The van der Waals surface area contributed by atoms with E-state index in [-0.39, 0.29) is 11.7 Å². The summed E-state index contributed by atoms with van der Waals surface area (Å²) in [6.45, 7) is 3.70. The van der Waals surface area contributed by atoms with E-state index >= 15 is 0 Å². The second kappa shape index (κ2) is 8.50. The Morgan fingerprint density at radius 2 is 1.77 bits per heavy atom. The van der Waals surface area contributed by atoms with Crippen LogP contribution >= 0.6 is 0 Å². The summed E-state index contributed by atoms with van der Waals surface area (Å²) in [6, 6.07) is 3.11. The Kier molecular flexibility index (Phi) is 5.80. The molecule has 0 unspecified atom stereocenters. The van der Waals surface area contributed by atoms with Crippen LogP contribution < -0.4 is 15.1 Å². The molecule has 4 heterocycles. The zero-order valence-electron chi connectivity index (χ0n) is 16.2. The summed E-state index contributed by atoms with van der Waals surface area (Å²) < 4.78 is 50.9. The van der Waals surface area contributed by atoms with Crippen LogP contribution in [-0.4, -0.2) is 55.3 Å². The summed E-state index contributed by atoms with van der Waals surface area (Å²) in [6.07, 6.45) is -0.719. The van der Waals surface area contributed by atoms with Crippen LogP contribution in [0.3, 0.4) is 0 Å². The largest absolute Gasteiger partial charge is 0.437 e. The zero-order valence-corrected chi connectivity index (χ0v) is 16.2. The summed E-state index contributed by atoms with van der Waals surface area (Å²) >= 11 is 0. The van der Waals surface area contributed by atoms with Gasteiger partial charge in [0.15, 0.2) is 5.69 Å². The first-order valence-corrected chi connectivity index (χ1v) is 9.85. The number of carbonyl (C=O) groups excluding carboxylic acids is 1. The van der Waals surface area contributed by atoms with Gasteiger partial charge in [-0.1, -0.05) is 0 Å². The number of alkyl halides is 3. The number of hydrogen-bond acceptors (Lipinski definition) is 7. The summed E-state index contributed by atoms with van der Waals surface area (Å²) in [7, 11) is 0. The van der Waals surface area contributed by atoms with Crippen molar-refractivity contribution in [3.63, 3.8) is 0 Å². The first-order chi connectivity index (χ1) is 14.4. The zero-order chi connectivity index (χ0) is 21.1. The minimum atomic E-state index is -4.80. The molecule has 8 nitrogen and oxygen atoms in total. The van der Waals surface area contributed by atoms with Crippen LogP contribution in [0.4, 0.5) is 30.7 Å². The second-order valence-corrected chi connectivity index (χ2v) is 7.18. The molecule has 0 spiro atoms. The maximum Gasteiger partial charge on any atom is 0.437 e. The molecule has 0 aliphatic carbocycles. The number of nitrogens with one attached hydrogen (secondary N) is 1. The van der Waals surface area contributed by atoms with Crippen LogP contribution in [0.2, 0.25) is 0 Å². The summed E-state index contributed by atoms with van der Waals surface area (Å²) in [5.41, 5.74) is -1.06. The molecule has 11 heteroatoms. The van der Waals surface area contributed by atoms with E-state index in [2.05, 4.69) is 15.3 Å². The fourth-order valence-corrected chi connectivity index (χ4v) is 3.50. The van der Waals surface area contributed by atoms with Crippen molar-refractivity contribution in [3.8, 4) is 0 Å². The van der Waals surface area contributed by atoms with E-state index in [0.29, 0.717) is 45.2 Å². The van der Waals surface area contributed by atoms with Crippen molar-refractivity contribution in [2.75, 3.05) is 54.5 Å². The minimum absolute atomic E-state index is 0.173. The highest BCUT2D eigenvalue weighted by Gasteiger charge is 2.42. The van der Waals surface area contributed by atoms with E-state index < -0.39 is 23.5 Å². The number of nitrogens with zero attached hydrogens (tertiary/aromatic N) is 4. The van der Waals surface area contributed by atoms with E-state index in [1.165, 1.54) is 6.20 Å². The van der Waals surface area contributed by atoms with Crippen LogP contribution in [0.5, 0.6) is 0 Å². The Morgan fingerprint density at radius 1 is 1.03 bits per heavy atom. The Balaban J connectivity index is 1.51. The number of hydrogen-bond donors (Lipinski definition) is 1. The molecule has 162 valence electrons. The number of rotatable bonds is 4. The van der Waals surface area contributed by atoms with Gasteiger partial charge in [-0.25, -0.2) is 4.98 Å². The van der Waals surface area contributed by atoms with Gasteiger partial charge in [-0.15, -0.1) is 0 Å². The predicted molar refractivity (Wildman–Crippen MR) is 103 cm³/mol. The van der Waals surface area contributed by atoms with Crippen LogP contribution in [0.1, 0.15) is 35.5 Å². The minimum Gasteiger partial charge on any atom is -0.417 e. The highest BCUT2D eigenvalue weighted by molar-refractivity contribution is 6.03. The van der Waals surface area contributed by atoms with Gasteiger partial charge in [0.25, 0.3) is 11.9 Å². The third kappa shape index (κ3) is 4.50. The van der Waals surface area contributed by atoms with Gasteiger partial charge in [0.05, 0.1) is 25.1 Å². The molecule has 30 heavy (non-hydrogen) atoms. The highest BCUT2D eigenvalue weighted by Crippen LogP contribution is 2.35. The number of halogens is 3. The SMILES string of the molecule is O=C(Nc1ccc(N2CCOCC2)nc1)c1oc(N2CCCCC2)nc1C(F)(F)F. The van der Waals surface area contributed by atoms with Crippen molar-refractivity contribution in [1.82, 2.24) is 9.97 Å². The maximum absolute atomic E-state index is 13.4. The van der Waals surface area contributed by atoms with Crippen LogP contribution in [0.15, 0.2) is 22.7 Å². The van der Waals surface area contributed by atoms with Gasteiger partial charge in [0, 0.05) is 26.2 Å². The summed E-state index contributed by atoms with van der Waals surface area (Å²) in [5.74, 6) is -1.15. The monoisotopic (exact) mass is 425 g/mol. The Labute approximate surface area is 171 Å². The van der Waals surface area contributed by atoms with E-state index in [0.717, 1.165) is 19.3 Å². The molecule has 0 saturated carbocycles. The molecule has 0 radical (unpaired) electrons. The average Bonchev–Trinajstić information content (AvgIpc) is 3.22. The van der Waals surface area contributed by atoms with Crippen molar-refractivity contribution in [2.24, 2.45) is 0 Å². The highest BCUT2D eigenvalue weighted by atomic mass is 19.4. The first-order valence-electron chi connectivity index (χ1n) is 9.85. The van der Waals surface area contributed by atoms with E-state index in [9.17, 15) is 18.0 Å². The molecule has 0 aromatic carbocycles. The molecule has 2 saturated heterocycles. The summed E-state index contributed by atoms with van der Waals surface area (Å²) in [5, 5.41) is 2.42. The quantitative estimate of drug-likeness (QED) is 0.806. The molecule has 0 bridgehead atoms. The number of oxazole rings is 1. The van der Waals surface area contributed by atoms with E-state index in [4.69, 9.17) is 9.15 Å². The molecule has 2 aromatic rings. The molecule has 1 N–H and O–H groups in total. The van der Waals surface area contributed by atoms with E-state index in [1.807, 2.05) is 4.90 Å². The molecule has 2 aromatic heterocycles. The lowest BCUT2D eigenvalue weighted by atomic mass is 10.1. The Hall–Kier alpha value is -2.82. The van der Waals surface area contributed by atoms with Crippen molar-refractivity contribution >= 4 is 23.4 Å². The van der Waals surface area contributed by atoms with Gasteiger partial charge in [-0.3, -0.25) is 4.79 Å². The number of aromatic nitrogens is 2. The number of pyridine rings is 1. The molecular formula is C19H22F3N5O3. The van der Waals surface area contributed by atoms with Gasteiger partial charge >= 0.3 is 6.18 Å². The molecule has 0 atom stereocenters. The van der Waals surface area contributed by atoms with Crippen molar-refractivity contribution in [3.05, 3.63) is 29.8 Å². The van der Waals surface area contributed by atoms with Crippen LogP contribution in [0, 0.1) is 0 Å². The van der Waals surface area contributed by atoms with Gasteiger partial charge in [0.2, 0.25) is 5.76 Å². The number of morpholine rings is 1. The van der Waals surface area contributed by atoms with Gasteiger partial charge in [-0.2, -0.15) is 18.2 Å². The lowest BCUT2D eigenvalue weighted by molar-refractivity contribution is -0.141. The number of amides is 1. The Bertz CT molecular complexity index is 873. The fourth-order valence-electron chi connectivity index (χ4n) is 3.50. The summed E-state index contributed by atoms with van der Waals surface area (Å²) in [4.78, 5) is 24.1. The lowest BCUT2D eigenvalue weighted by Crippen LogP contribution is -2.36. The van der Waals surface area contributed by atoms with Gasteiger partial charge in [0.1, 0.15) is 5.82 Å². The smallest absolute Gasteiger partial charge is 0.417 e. The molecular weight excluding hydrogens is 403 g/mol. The van der Waals surface area contributed by atoms with E-state index in [1.54, 1.807) is 17.0 Å². The molecule has 2 aliphatic rings. The third-order valence-electron chi connectivity index (χ3n) is 5.06. The standard InChI is InChI=1S/C19H22F3N5O3/c20-19(21,22)16-15(30-18(25-16)27-6-2-1-3-7-27)17(28)24-13-4-5-14(23-12-13)26-8-10-29-11-9-26/h4-5,12H,1-3,6-11H2,(H,24,28). The molecule has 1 amide bonds. The normalized spacial score (nSPS) is 17.8. The number of anilines is 3. The van der Waals surface area contributed by atoms with Crippen molar-refractivity contribution < 1.29 is 27.1 Å². The Morgan fingerprint density at radius 3 is 2.40 bits per heavy atom. The lowest BCUT2D eigenvalue weighted by Gasteiger charge is -2.27. The third-order valence-corrected chi connectivity index (χ3v) is 5.06. The number of ether oxygens (including phenoxy) is 1. The molecule has 2 fully saturated rings. The number of piperidine rings is 1. The molecule has 2 aliphatic heterocycles. The predicted octanol–water partition coefficient (Wildman–Crippen LogP) is 3.17. The second-order valence-electron chi connectivity index (χ2n) is 7.18. The van der Waals surface area contributed by atoms with Gasteiger partial charge < -0.3 is 24.3 Å². The van der Waals surface area contributed by atoms with Crippen molar-refractivity contribution in [1.29, 1.82) is 0 Å². The topological polar surface area (TPSA) is 83.7 Å². The van der Waals surface area contributed by atoms with Gasteiger partial charge in [-0.05, 0) is 31.4 Å². The average molecular weight is 425 g/mol. The van der Waals surface area contributed by atoms with Crippen LogP contribution in [0.25, 0.3) is 0 Å². The molecule has 4 rings (SSSR count). The van der Waals surface area contributed by atoms with Crippen molar-refractivity contribution in [2.45, 2.75) is 25.4 Å².